The van der Waals surface area contributed by atoms with Crippen LogP contribution in [0.15, 0.2) is 60.7 Å². The summed E-state index contributed by atoms with van der Waals surface area (Å²) in [5, 5.41) is 5.88. The molecule has 132 valence electrons. The first kappa shape index (κ1) is 18.5. The van der Waals surface area contributed by atoms with Crippen LogP contribution in [0.5, 0.6) is 0 Å². The second kappa shape index (κ2) is 7.38. The highest BCUT2D eigenvalue weighted by Crippen LogP contribution is 2.21. The van der Waals surface area contributed by atoms with Gasteiger partial charge in [-0.25, -0.2) is 4.79 Å². The molecular weight excluding hydrogens is 316 g/mol. The van der Waals surface area contributed by atoms with Crippen molar-refractivity contribution in [3.05, 3.63) is 60.7 Å². The molecule has 0 atom stereocenters. The third-order valence-corrected chi connectivity index (χ3v) is 3.67. The fourth-order valence-corrected chi connectivity index (χ4v) is 2.14. The smallest absolute Gasteiger partial charge is 0.332 e. The molecule has 0 radical (unpaired) electrons. The number of benzene rings is 2. The molecule has 0 aliphatic rings. The van der Waals surface area contributed by atoms with Gasteiger partial charge in [0, 0.05) is 11.4 Å². The first-order chi connectivity index (χ1) is 11.7. The standard InChI is InChI=1S/C20H24N2O3/c1-19(2,22-16-13-9-6-10-14-16)18(24)25-20(3,4)17(23)21-15-11-7-5-8-12-15/h5-14,22H,1-4H3,(H,21,23). The molecule has 0 bridgehead atoms. The van der Waals surface area contributed by atoms with Crippen LogP contribution in [0.3, 0.4) is 0 Å². The van der Waals surface area contributed by atoms with Crippen LogP contribution in [0, 0.1) is 0 Å². The van der Waals surface area contributed by atoms with Crippen molar-refractivity contribution in [1.82, 2.24) is 0 Å². The summed E-state index contributed by atoms with van der Waals surface area (Å²) >= 11 is 0. The lowest BCUT2D eigenvalue weighted by atomic mass is 10.0. The van der Waals surface area contributed by atoms with Crippen molar-refractivity contribution < 1.29 is 14.3 Å². The van der Waals surface area contributed by atoms with Gasteiger partial charge in [-0.3, -0.25) is 4.79 Å². The molecule has 0 aliphatic carbocycles. The first-order valence-corrected chi connectivity index (χ1v) is 8.14. The second-order valence-electron chi connectivity index (χ2n) is 6.84. The molecule has 0 aromatic heterocycles. The van der Waals surface area contributed by atoms with Crippen molar-refractivity contribution in [2.24, 2.45) is 0 Å². The molecule has 2 N–H and O–H groups in total. The quantitative estimate of drug-likeness (QED) is 0.784. The molecule has 2 aromatic carbocycles. The van der Waals surface area contributed by atoms with E-state index in [0.29, 0.717) is 5.69 Å². The van der Waals surface area contributed by atoms with E-state index >= 15 is 0 Å². The average Bonchev–Trinajstić information content (AvgIpc) is 2.56. The van der Waals surface area contributed by atoms with Gasteiger partial charge in [-0.1, -0.05) is 36.4 Å². The molecule has 5 nitrogen and oxygen atoms in total. The minimum atomic E-state index is -1.30. The normalized spacial score (nSPS) is 11.5. The Kier molecular flexibility index (Phi) is 5.47. The van der Waals surface area contributed by atoms with Gasteiger partial charge in [0.25, 0.3) is 5.91 Å². The van der Waals surface area contributed by atoms with Crippen LogP contribution in [-0.4, -0.2) is 23.0 Å². The largest absolute Gasteiger partial charge is 0.448 e. The van der Waals surface area contributed by atoms with Gasteiger partial charge in [0.05, 0.1) is 0 Å². The zero-order chi connectivity index (χ0) is 18.5. The Morgan fingerprint density at radius 3 is 1.80 bits per heavy atom. The minimum absolute atomic E-state index is 0.387. The van der Waals surface area contributed by atoms with Crippen LogP contribution in [0.1, 0.15) is 27.7 Å². The molecule has 1 amide bonds. The maximum absolute atomic E-state index is 12.6. The highest BCUT2D eigenvalue weighted by molar-refractivity contribution is 5.98. The predicted octanol–water partition coefficient (Wildman–Crippen LogP) is 3.84. The summed E-state index contributed by atoms with van der Waals surface area (Å²) in [4.78, 5) is 25.0. The number of nitrogens with one attached hydrogen (secondary N) is 2. The Morgan fingerprint density at radius 1 is 0.800 bits per heavy atom. The summed E-state index contributed by atoms with van der Waals surface area (Å²) in [5.74, 6) is -0.896. The highest BCUT2D eigenvalue weighted by Gasteiger charge is 2.38. The van der Waals surface area contributed by atoms with Crippen molar-refractivity contribution >= 4 is 23.3 Å². The van der Waals surface area contributed by atoms with Crippen molar-refractivity contribution in [2.75, 3.05) is 10.6 Å². The molecule has 0 fully saturated rings. The van der Waals surface area contributed by atoms with Crippen LogP contribution >= 0.6 is 0 Å². The Morgan fingerprint density at radius 2 is 1.28 bits per heavy atom. The van der Waals surface area contributed by atoms with Gasteiger partial charge < -0.3 is 15.4 Å². The van der Waals surface area contributed by atoms with Gasteiger partial charge in [0.1, 0.15) is 5.54 Å². The number of carbonyl (C=O) groups is 2. The lowest BCUT2D eigenvalue weighted by molar-refractivity contribution is -0.166. The molecule has 0 saturated heterocycles. The Balaban J connectivity index is 2.02. The van der Waals surface area contributed by atoms with Crippen LogP contribution in [0.2, 0.25) is 0 Å². The highest BCUT2D eigenvalue weighted by atomic mass is 16.6. The summed E-state index contributed by atoms with van der Waals surface area (Å²) in [7, 11) is 0. The third kappa shape index (κ3) is 5.08. The molecule has 2 rings (SSSR count). The van der Waals surface area contributed by atoms with Gasteiger partial charge in [0.2, 0.25) is 0 Å². The lowest BCUT2D eigenvalue weighted by Gasteiger charge is -2.31. The number of para-hydroxylation sites is 2. The minimum Gasteiger partial charge on any atom is -0.448 e. The van der Waals surface area contributed by atoms with Gasteiger partial charge in [-0.15, -0.1) is 0 Å². The SMILES string of the molecule is CC(C)(Nc1ccccc1)C(=O)OC(C)(C)C(=O)Nc1ccccc1. The van der Waals surface area contributed by atoms with E-state index in [0.717, 1.165) is 5.69 Å². The average molecular weight is 340 g/mol. The van der Waals surface area contributed by atoms with Crippen LogP contribution in [0.4, 0.5) is 11.4 Å². The van der Waals surface area contributed by atoms with Gasteiger partial charge in [-0.05, 0) is 52.0 Å². The van der Waals surface area contributed by atoms with Gasteiger partial charge in [-0.2, -0.15) is 0 Å². The van der Waals surface area contributed by atoms with E-state index < -0.39 is 17.1 Å². The van der Waals surface area contributed by atoms with Gasteiger partial charge in [0.15, 0.2) is 5.60 Å². The van der Waals surface area contributed by atoms with E-state index in [2.05, 4.69) is 10.6 Å². The maximum atomic E-state index is 12.6. The molecule has 0 saturated carbocycles. The Labute approximate surface area is 148 Å². The van der Waals surface area contributed by atoms with E-state index in [-0.39, 0.29) is 5.91 Å². The topological polar surface area (TPSA) is 67.4 Å². The number of rotatable bonds is 6. The molecule has 2 aromatic rings. The molecule has 0 aliphatic heterocycles. The van der Waals surface area contributed by atoms with E-state index in [1.54, 1.807) is 39.8 Å². The number of amides is 1. The monoisotopic (exact) mass is 340 g/mol. The first-order valence-electron chi connectivity index (χ1n) is 8.14. The lowest BCUT2D eigenvalue weighted by Crippen LogP contribution is -2.49. The Hall–Kier alpha value is -2.82. The number of hydrogen-bond acceptors (Lipinski definition) is 4. The van der Waals surface area contributed by atoms with Crippen molar-refractivity contribution in [3.8, 4) is 0 Å². The molecule has 0 heterocycles. The molecule has 25 heavy (non-hydrogen) atoms. The number of anilines is 2. The second-order valence-corrected chi connectivity index (χ2v) is 6.84. The third-order valence-electron chi connectivity index (χ3n) is 3.67. The molecule has 0 spiro atoms. The molecular formula is C20H24N2O3. The summed E-state index contributed by atoms with van der Waals surface area (Å²) < 4.78 is 5.50. The zero-order valence-corrected chi connectivity index (χ0v) is 15.0. The predicted molar refractivity (Wildman–Crippen MR) is 99.4 cm³/mol. The fraction of sp³-hybridized carbons (Fsp3) is 0.300. The van der Waals surface area contributed by atoms with Gasteiger partial charge >= 0.3 is 5.97 Å². The zero-order valence-electron chi connectivity index (χ0n) is 15.0. The Bertz CT molecular complexity index is 725. The number of esters is 1. The van der Waals surface area contributed by atoms with E-state index in [4.69, 9.17) is 4.74 Å². The summed E-state index contributed by atoms with van der Waals surface area (Å²) in [6.07, 6.45) is 0. The number of ether oxygens (including phenoxy) is 1. The van der Waals surface area contributed by atoms with Crippen molar-refractivity contribution in [2.45, 2.75) is 38.8 Å². The molecule has 0 unspecified atom stereocenters. The fourth-order valence-electron chi connectivity index (χ4n) is 2.14. The summed E-state index contributed by atoms with van der Waals surface area (Å²) in [5.41, 5.74) is -0.830. The maximum Gasteiger partial charge on any atom is 0.332 e. The van der Waals surface area contributed by atoms with E-state index in [1.165, 1.54) is 0 Å². The summed E-state index contributed by atoms with van der Waals surface area (Å²) in [6.45, 7) is 6.57. The van der Waals surface area contributed by atoms with Crippen LogP contribution in [0.25, 0.3) is 0 Å². The van der Waals surface area contributed by atoms with Crippen LogP contribution < -0.4 is 10.6 Å². The van der Waals surface area contributed by atoms with E-state index in [1.807, 2.05) is 48.5 Å². The van der Waals surface area contributed by atoms with E-state index in [9.17, 15) is 9.59 Å². The van der Waals surface area contributed by atoms with Crippen molar-refractivity contribution in [1.29, 1.82) is 0 Å². The number of carbonyl (C=O) groups excluding carboxylic acids is 2. The molecule has 5 heteroatoms. The van der Waals surface area contributed by atoms with Crippen molar-refractivity contribution in [3.63, 3.8) is 0 Å². The summed E-state index contributed by atoms with van der Waals surface area (Å²) in [6, 6.07) is 18.4. The van der Waals surface area contributed by atoms with Crippen LogP contribution in [-0.2, 0) is 14.3 Å². The number of hydrogen-bond donors (Lipinski definition) is 2.